The molecule has 4 unspecified atom stereocenters. The number of benzene rings is 9. The van der Waals surface area contributed by atoms with Crippen LogP contribution in [0.25, 0.3) is 43.1 Å². The van der Waals surface area contributed by atoms with Gasteiger partial charge >= 0.3 is 0 Å². The molecule has 0 radical (unpaired) electrons. The lowest BCUT2D eigenvalue weighted by Gasteiger charge is -2.38. The van der Waals surface area contributed by atoms with Crippen molar-refractivity contribution in [3.8, 4) is 46.0 Å². The van der Waals surface area contributed by atoms with E-state index in [2.05, 4.69) is 83.1 Å². The molecule has 0 spiro atoms. The first-order valence-corrected chi connectivity index (χ1v) is 38.8. The summed E-state index contributed by atoms with van der Waals surface area (Å²) in [6.45, 7) is 37.8. The average Bonchev–Trinajstić information content (AvgIpc) is 1.65. The van der Waals surface area contributed by atoms with Crippen molar-refractivity contribution in [3.05, 3.63) is 166 Å². The van der Waals surface area contributed by atoms with E-state index in [-0.39, 0.29) is 145 Å². The number of ether oxygens (including phenoxy) is 10. The summed E-state index contributed by atoms with van der Waals surface area (Å²) in [6, 6.07) is 36.3. The molecule has 13 rings (SSSR count). The number of carbonyl (C=O) groups is 5. The molecule has 19 heteroatoms. The molecule has 4 atom stereocenters. The number of hydrogen-bond acceptors (Lipinski definition) is 15. The minimum absolute atomic E-state index is 0.00662. The second-order valence-electron chi connectivity index (χ2n) is 33.1. The summed E-state index contributed by atoms with van der Waals surface area (Å²) in [5, 5.41) is 3.49. The summed E-state index contributed by atoms with van der Waals surface area (Å²) >= 11 is 0. The largest absolute Gasteiger partial charge is 0.457 e. The zero-order valence-corrected chi connectivity index (χ0v) is 66.3. The minimum atomic E-state index is -1.35. The van der Waals surface area contributed by atoms with Gasteiger partial charge in [0.25, 0.3) is 17.7 Å². The topological polar surface area (TPSA) is 197 Å². The van der Waals surface area contributed by atoms with Crippen LogP contribution >= 0.6 is 0 Å². The van der Waals surface area contributed by atoms with E-state index >= 15 is 24.0 Å². The highest BCUT2D eigenvalue weighted by Crippen LogP contribution is 2.58. The van der Waals surface area contributed by atoms with Gasteiger partial charge in [0.1, 0.15) is 70.3 Å². The van der Waals surface area contributed by atoms with Gasteiger partial charge in [-0.1, -0.05) is 132 Å². The fourth-order valence-corrected chi connectivity index (χ4v) is 14.9. The van der Waals surface area contributed by atoms with Crippen molar-refractivity contribution in [2.45, 2.75) is 176 Å². The standard InChI is InChI=1S/C90H106N4O15/c1-17-91(39-43-102-50-63-52-104-63)85(98)68(37-41-100-19-3)93-49-54-45-70(106-59-29-21-55(22-30-59)87(5,6)7)76-78-72(108-61-33-25-57(26-34-61)89(11,12)13)47-66-75-67(84(97)94(83(66)96)69(38-42-101-20-4)86(99)92(18-2)40-44-103-51-64-53-105-64)48-73(109-62-35-27-58(28-36-62)90(14,15)16)79(81(75)78)77-71(46-65(82(93)95)74(54)80(76)77)107-60-31-23-56(24-32-60)88(8,9)10/h21-36,45-48,63-64,68-69H,17-20,37-44,49-53H2,1-16H3. The number of amides is 5. The van der Waals surface area contributed by atoms with Gasteiger partial charge in [0.15, 0.2) is 0 Å². The first kappa shape index (κ1) is 77.9. The van der Waals surface area contributed by atoms with Crippen LogP contribution in [0.3, 0.4) is 0 Å². The molecule has 4 heterocycles. The molecule has 0 bridgehead atoms. The Bertz CT molecular complexity index is 4710. The normalized spacial score (nSPS) is 16.4. The van der Waals surface area contributed by atoms with E-state index in [0.29, 0.717) is 118 Å². The summed E-state index contributed by atoms with van der Waals surface area (Å²) in [5.41, 5.74) is 4.38. The lowest BCUT2D eigenvalue weighted by Crippen LogP contribution is -2.55. The van der Waals surface area contributed by atoms with Gasteiger partial charge in [0, 0.05) is 115 Å². The van der Waals surface area contributed by atoms with E-state index in [1.54, 1.807) is 32.9 Å². The molecule has 4 aliphatic heterocycles. The van der Waals surface area contributed by atoms with E-state index in [1.165, 1.54) is 0 Å². The number of hydrogen-bond donors (Lipinski definition) is 0. The summed E-state index contributed by atoms with van der Waals surface area (Å²) in [5.74, 6) is 0.0910. The predicted octanol–water partition coefficient (Wildman–Crippen LogP) is 17.8. The van der Waals surface area contributed by atoms with E-state index < -0.39 is 35.7 Å². The first-order valence-electron chi connectivity index (χ1n) is 38.8. The maximum Gasteiger partial charge on any atom is 0.262 e. The molecular weight excluding hydrogens is 1380 g/mol. The molecule has 576 valence electrons. The van der Waals surface area contributed by atoms with Gasteiger partial charge < -0.3 is 62.1 Å². The molecular formula is C90H106N4O15. The molecule has 5 amide bonds. The zero-order valence-electron chi connectivity index (χ0n) is 66.3. The second kappa shape index (κ2) is 31.6. The van der Waals surface area contributed by atoms with Crippen molar-refractivity contribution >= 4 is 72.6 Å². The van der Waals surface area contributed by atoms with Crippen molar-refractivity contribution in [1.29, 1.82) is 0 Å². The van der Waals surface area contributed by atoms with Crippen LogP contribution in [-0.2, 0) is 66.2 Å². The van der Waals surface area contributed by atoms with Gasteiger partial charge in [0.05, 0.1) is 56.3 Å². The molecule has 0 saturated carbocycles. The van der Waals surface area contributed by atoms with Crippen LogP contribution in [0.1, 0.15) is 183 Å². The highest BCUT2D eigenvalue weighted by Gasteiger charge is 2.46. The van der Waals surface area contributed by atoms with Crippen molar-refractivity contribution < 1.29 is 71.3 Å². The number of carbonyl (C=O) groups excluding carboxylic acids is 5. The molecule has 4 aliphatic rings. The summed E-state index contributed by atoms with van der Waals surface area (Å²) in [4.78, 5) is 87.2. The molecule has 109 heavy (non-hydrogen) atoms. The summed E-state index contributed by atoms with van der Waals surface area (Å²) < 4.78 is 64.8. The highest BCUT2D eigenvalue weighted by molar-refractivity contribution is 6.43. The lowest BCUT2D eigenvalue weighted by molar-refractivity contribution is -0.138. The lowest BCUT2D eigenvalue weighted by atomic mass is 9.80. The summed E-state index contributed by atoms with van der Waals surface area (Å²) in [6.07, 6.45) is 0.209. The molecule has 2 saturated heterocycles. The Kier molecular flexibility index (Phi) is 22.6. The number of rotatable bonds is 32. The molecule has 0 aliphatic carbocycles. The number of epoxide rings is 2. The van der Waals surface area contributed by atoms with Crippen LogP contribution in [0.5, 0.6) is 46.0 Å². The van der Waals surface area contributed by atoms with Crippen LogP contribution < -0.4 is 18.9 Å². The van der Waals surface area contributed by atoms with Gasteiger partial charge in [-0.05, 0) is 150 Å². The quantitative estimate of drug-likeness (QED) is 0.0127. The molecule has 19 nitrogen and oxygen atoms in total. The SMILES string of the molecule is CCOCCC(C(=O)N(CC)CCOCC1CO1)N1Cc2cc(Oc3ccc(C(C)(C)C)cc3)c3c4c(Oc5ccc(C(C)(C)C)cc5)cc5c6c(cc(Oc7ccc(C(C)(C)C)cc7)c(c7c(Oc8ccc(C(C)(C)C)cc8)cc(c2c37)C1=O)c64)C(=O)N(C(CCOCC)C(=O)N(CC)CCOCC1CO1)C5=O. The van der Waals surface area contributed by atoms with Gasteiger partial charge in [-0.2, -0.15) is 0 Å². The van der Waals surface area contributed by atoms with Crippen LogP contribution in [0.15, 0.2) is 121 Å². The number of fused-ring (bicyclic) bond motifs is 2. The number of nitrogens with zero attached hydrogens (tertiary/aromatic N) is 4. The highest BCUT2D eigenvalue weighted by atomic mass is 16.6. The van der Waals surface area contributed by atoms with Gasteiger partial charge in [-0.25, -0.2) is 0 Å². The fourth-order valence-electron chi connectivity index (χ4n) is 14.9. The number of likely N-dealkylation sites (N-methyl/N-ethyl adjacent to an activating group) is 2. The van der Waals surface area contributed by atoms with Crippen LogP contribution in [-0.4, -0.2) is 166 Å². The smallest absolute Gasteiger partial charge is 0.262 e. The average molecular weight is 1480 g/mol. The Balaban J connectivity index is 1.15. The maximum atomic E-state index is 16.7. The third-order valence-corrected chi connectivity index (χ3v) is 21.3. The first-order chi connectivity index (χ1) is 52.0. The van der Waals surface area contributed by atoms with E-state index in [9.17, 15) is 0 Å². The molecule has 2 fully saturated rings. The van der Waals surface area contributed by atoms with Crippen molar-refractivity contribution in [3.63, 3.8) is 0 Å². The van der Waals surface area contributed by atoms with Crippen molar-refractivity contribution in [1.82, 2.24) is 19.6 Å². The summed E-state index contributed by atoms with van der Waals surface area (Å²) in [7, 11) is 0. The minimum Gasteiger partial charge on any atom is -0.457 e. The Labute approximate surface area is 640 Å². The molecule has 9 aromatic rings. The van der Waals surface area contributed by atoms with Crippen molar-refractivity contribution in [2.24, 2.45) is 0 Å². The second-order valence-corrected chi connectivity index (χ2v) is 33.1. The van der Waals surface area contributed by atoms with Gasteiger partial charge in [-0.15, -0.1) is 0 Å². The monoisotopic (exact) mass is 1480 g/mol. The van der Waals surface area contributed by atoms with Crippen LogP contribution in [0.2, 0.25) is 0 Å². The van der Waals surface area contributed by atoms with Crippen LogP contribution in [0, 0.1) is 0 Å². The Hall–Kier alpha value is -9.21. The third-order valence-electron chi connectivity index (χ3n) is 21.3. The maximum absolute atomic E-state index is 16.7. The van der Waals surface area contributed by atoms with E-state index in [0.717, 1.165) is 27.2 Å². The van der Waals surface area contributed by atoms with E-state index in [4.69, 9.17) is 47.4 Å². The van der Waals surface area contributed by atoms with Crippen LogP contribution in [0.4, 0.5) is 0 Å². The zero-order chi connectivity index (χ0) is 77.6. The Morgan fingerprint density at radius 1 is 0.413 bits per heavy atom. The Morgan fingerprint density at radius 2 is 0.734 bits per heavy atom. The third kappa shape index (κ3) is 16.5. The van der Waals surface area contributed by atoms with E-state index in [1.807, 2.05) is 131 Å². The predicted molar refractivity (Wildman–Crippen MR) is 424 cm³/mol. The fraction of sp³-hybridized carbons (Fsp3) is 0.456. The Morgan fingerprint density at radius 3 is 1.06 bits per heavy atom. The number of imide groups is 1. The van der Waals surface area contributed by atoms with Gasteiger partial charge in [-0.3, -0.25) is 28.9 Å². The molecule has 9 aromatic carbocycles. The molecule has 0 aromatic heterocycles. The van der Waals surface area contributed by atoms with Gasteiger partial charge in [0.2, 0.25) is 11.8 Å². The molecule has 0 N–H and O–H groups in total. The van der Waals surface area contributed by atoms with Crippen molar-refractivity contribution in [2.75, 3.05) is 92.2 Å².